The van der Waals surface area contributed by atoms with Gasteiger partial charge in [-0.15, -0.1) is 0 Å². The fraction of sp³-hybridized carbons (Fsp3) is 0.526. The molecule has 1 aliphatic rings. The molecule has 6 nitrogen and oxygen atoms in total. The van der Waals surface area contributed by atoms with Crippen LogP contribution in [0.1, 0.15) is 0 Å². The number of hydrogen-bond donors (Lipinski definition) is 0. The molecule has 1 aliphatic carbocycles. The molecule has 0 N–H and O–H groups in total. The molecule has 1 aromatic carbocycles. The van der Waals surface area contributed by atoms with Gasteiger partial charge < -0.3 is 0 Å². The second-order valence-electron chi connectivity index (χ2n) is 7.60. The van der Waals surface area contributed by atoms with Gasteiger partial charge in [0.15, 0.2) is 0 Å². The number of methoxy groups -OCH3 is 3. The quantitative estimate of drug-likeness (QED) is 0.267. The summed E-state index contributed by atoms with van der Waals surface area (Å²) < 4.78 is 16.0. The van der Waals surface area contributed by atoms with E-state index in [-0.39, 0.29) is 19.4 Å². The van der Waals surface area contributed by atoms with Gasteiger partial charge in [-0.25, -0.2) is 0 Å². The standard InChI is InChI=1S/C19H26O6SeSi/c1-23-15(20)13-14(19(13,17(21)24-2)18(22)25-3)16(27(4,5)6)26-12-10-8-7-9-11-12/h7-11,13-14,16H,1-6H3/t13-,14+,16+/m1/s1. The van der Waals surface area contributed by atoms with Crippen LogP contribution in [0.4, 0.5) is 0 Å². The van der Waals surface area contributed by atoms with Crippen molar-refractivity contribution in [1.82, 2.24) is 0 Å². The summed E-state index contributed by atoms with van der Waals surface area (Å²) in [5.41, 5.74) is -1.61. The molecule has 0 spiro atoms. The van der Waals surface area contributed by atoms with Crippen LogP contribution in [0.25, 0.3) is 0 Å². The normalized spacial score (nSPS) is 21.7. The number of hydrogen-bond acceptors (Lipinski definition) is 6. The third-order valence-electron chi connectivity index (χ3n) is 4.95. The van der Waals surface area contributed by atoms with E-state index in [1.807, 2.05) is 30.3 Å². The van der Waals surface area contributed by atoms with Gasteiger partial charge in [-0.05, 0) is 0 Å². The summed E-state index contributed by atoms with van der Waals surface area (Å²) in [7, 11) is 1.84. The molecule has 3 atom stereocenters. The van der Waals surface area contributed by atoms with Crippen molar-refractivity contribution in [2.24, 2.45) is 17.3 Å². The van der Waals surface area contributed by atoms with E-state index in [0.29, 0.717) is 0 Å². The van der Waals surface area contributed by atoms with E-state index in [1.54, 1.807) is 0 Å². The summed E-state index contributed by atoms with van der Waals surface area (Å²) in [6.45, 7) is 6.57. The Morgan fingerprint density at radius 2 is 1.48 bits per heavy atom. The van der Waals surface area contributed by atoms with Crippen molar-refractivity contribution < 1.29 is 28.6 Å². The van der Waals surface area contributed by atoms with E-state index >= 15 is 0 Å². The van der Waals surface area contributed by atoms with E-state index in [0.717, 1.165) is 4.46 Å². The van der Waals surface area contributed by atoms with Crippen molar-refractivity contribution in [2.75, 3.05) is 21.3 Å². The Hall–Kier alpha value is -1.63. The first-order chi connectivity index (χ1) is 12.7. The first-order valence-corrected chi connectivity index (χ1v) is 14.0. The van der Waals surface area contributed by atoms with Crippen LogP contribution in [0.5, 0.6) is 0 Å². The molecule has 0 bridgehead atoms. The van der Waals surface area contributed by atoms with Gasteiger partial charge in [0, 0.05) is 0 Å². The van der Waals surface area contributed by atoms with Crippen LogP contribution in [0, 0.1) is 17.3 Å². The molecule has 0 amide bonds. The van der Waals surface area contributed by atoms with Gasteiger partial charge in [-0.3, -0.25) is 0 Å². The molecule has 2 rings (SSSR count). The molecule has 0 saturated heterocycles. The molecule has 0 aromatic heterocycles. The Morgan fingerprint density at radius 3 is 1.89 bits per heavy atom. The van der Waals surface area contributed by atoms with Crippen LogP contribution in [0.2, 0.25) is 24.1 Å². The predicted molar refractivity (Wildman–Crippen MR) is 104 cm³/mol. The summed E-state index contributed by atoms with van der Waals surface area (Å²) in [4.78, 5) is 37.9. The summed E-state index contributed by atoms with van der Waals surface area (Å²) in [6.07, 6.45) is 0. The van der Waals surface area contributed by atoms with Crippen molar-refractivity contribution in [2.45, 2.75) is 24.1 Å². The minimum absolute atomic E-state index is 0.0214. The Bertz CT molecular complexity index is 699. The molecule has 0 unspecified atom stereocenters. The van der Waals surface area contributed by atoms with Gasteiger partial charge in [0.1, 0.15) is 0 Å². The molecule has 0 aliphatic heterocycles. The number of carbonyl (C=O) groups excluding carboxylic acids is 3. The average molecular weight is 457 g/mol. The molecule has 1 aromatic rings. The van der Waals surface area contributed by atoms with Crippen molar-refractivity contribution in [3.05, 3.63) is 30.3 Å². The number of benzene rings is 1. The molecular weight excluding hydrogens is 431 g/mol. The molecule has 1 saturated carbocycles. The van der Waals surface area contributed by atoms with E-state index in [2.05, 4.69) is 19.6 Å². The monoisotopic (exact) mass is 458 g/mol. The third-order valence-corrected chi connectivity index (χ3v) is 14.4. The third kappa shape index (κ3) is 3.84. The summed E-state index contributed by atoms with van der Waals surface area (Å²) in [6, 6.07) is 9.97. The fourth-order valence-electron chi connectivity index (χ4n) is 3.67. The van der Waals surface area contributed by atoms with Gasteiger partial charge in [0.25, 0.3) is 0 Å². The summed E-state index contributed by atoms with van der Waals surface area (Å²) in [5.74, 6) is -3.35. The zero-order valence-electron chi connectivity index (χ0n) is 16.5. The maximum absolute atomic E-state index is 12.7. The van der Waals surface area contributed by atoms with Crippen molar-refractivity contribution >= 4 is 45.4 Å². The van der Waals surface area contributed by atoms with Crippen LogP contribution in [-0.4, -0.2) is 62.3 Å². The predicted octanol–water partition coefficient (Wildman–Crippen LogP) is 1.43. The van der Waals surface area contributed by atoms with Crippen molar-refractivity contribution in [1.29, 1.82) is 0 Å². The topological polar surface area (TPSA) is 78.9 Å². The van der Waals surface area contributed by atoms with Gasteiger partial charge in [-0.1, -0.05) is 0 Å². The zero-order valence-corrected chi connectivity index (χ0v) is 19.2. The van der Waals surface area contributed by atoms with Gasteiger partial charge in [0.2, 0.25) is 0 Å². The molecule has 0 heterocycles. The Kier molecular flexibility index (Phi) is 6.55. The number of carbonyl (C=O) groups is 3. The number of esters is 3. The van der Waals surface area contributed by atoms with Crippen LogP contribution in [0.15, 0.2) is 30.3 Å². The van der Waals surface area contributed by atoms with Crippen LogP contribution in [-0.2, 0) is 28.6 Å². The number of ether oxygens (including phenoxy) is 3. The molecule has 27 heavy (non-hydrogen) atoms. The van der Waals surface area contributed by atoms with Gasteiger partial charge >= 0.3 is 167 Å². The molecular formula is C19H26O6SeSi. The van der Waals surface area contributed by atoms with Crippen LogP contribution < -0.4 is 4.46 Å². The minimum atomic E-state index is -1.87. The second-order valence-corrected chi connectivity index (χ2v) is 16.4. The van der Waals surface area contributed by atoms with Crippen molar-refractivity contribution in [3.8, 4) is 0 Å². The van der Waals surface area contributed by atoms with E-state index in [9.17, 15) is 14.4 Å². The molecule has 148 valence electrons. The first kappa shape index (κ1) is 21.7. The van der Waals surface area contributed by atoms with Crippen LogP contribution in [0.3, 0.4) is 0 Å². The van der Waals surface area contributed by atoms with E-state index in [4.69, 9.17) is 14.2 Å². The Morgan fingerprint density at radius 1 is 0.963 bits per heavy atom. The zero-order chi connectivity index (χ0) is 20.4. The van der Waals surface area contributed by atoms with Crippen LogP contribution >= 0.6 is 0 Å². The SMILES string of the molecule is COC(=O)[C@H]1[C@@H]([C@@H]([Se]c2ccccc2)[Si](C)(C)C)C1(C(=O)OC)C(=O)OC. The molecule has 8 heteroatoms. The summed E-state index contributed by atoms with van der Waals surface area (Å²) >= 11 is -0.0214. The fourth-order valence-corrected chi connectivity index (χ4v) is 10.9. The maximum atomic E-state index is 12.7. The number of rotatable bonds is 7. The Balaban J connectivity index is 2.55. The summed E-state index contributed by atoms with van der Waals surface area (Å²) in [5, 5.41) is 0. The van der Waals surface area contributed by atoms with Gasteiger partial charge in [-0.2, -0.15) is 0 Å². The van der Waals surface area contributed by atoms with E-state index in [1.165, 1.54) is 21.3 Å². The second kappa shape index (κ2) is 8.16. The molecule has 0 radical (unpaired) electrons. The van der Waals surface area contributed by atoms with Gasteiger partial charge in [0.05, 0.1) is 0 Å². The Labute approximate surface area is 167 Å². The first-order valence-electron chi connectivity index (χ1n) is 8.62. The van der Waals surface area contributed by atoms with Crippen molar-refractivity contribution in [3.63, 3.8) is 0 Å². The average Bonchev–Trinajstić information content (AvgIpc) is 3.34. The molecule has 1 fully saturated rings. The van der Waals surface area contributed by atoms with E-state index < -0.39 is 43.2 Å².